The lowest BCUT2D eigenvalue weighted by atomic mass is 10.0. The molecule has 0 atom stereocenters. The van der Waals surface area contributed by atoms with Crippen molar-refractivity contribution in [1.29, 1.82) is 0 Å². The molecular weight excluding hydrogens is 376 g/mol. The zero-order valence-corrected chi connectivity index (χ0v) is 18.2. The summed E-state index contributed by atoms with van der Waals surface area (Å²) >= 11 is 0. The Morgan fingerprint density at radius 3 is 2.43 bits per heavy atom. The fourth-order valence-corrected chi connectivity index (χ4v) is 3.28. The van der Waals surface area contributed by atoms with E-state index >= 15 is 0 Å². The number of anilines is 2. The molecule has 0 radical (unpaired) electrons. The van der Waals surface area contributed by atoms with Crippen molar-refractivity contribution in [2.24, 2.45) is 5.92 Å². The predicted molar refractivity (Wildman–Crippen MR) is 122 cm³/mol. The van der Waals surface area contributed by atoms with Crippen LogP contribution in [0.5, 0.6) is 5.75 Å². The second kappa shape index (κ2) is 9.48. The molecule has 1 heterocycles. The Kier molecular flexibility index (Phi) is 6.77. The highest BCUT2D eigenvalue weighted by Crippen LogP contribution is 2.32. The maximum absolute atomic E-state index is 12.8. The summed E-state index contributed by atoms with van der Waals surface area (Å²) in [6.45, 7) is 8.55. The van der Waals surface area contributed by atoms with Crippen molar-refractivity contribution in [2.45, 2.75) is 40.0 Å². The maximum Gasteiger partial charge on any atom is 0.323 e. The molecule has 0 aliphatic carbocycles. The molecule has 2 amide bonds. The van der Waals surface area contributed by atoms with Crippen molar-refractivity contribution in [2.75, 3.05) is 17.7 Å². The monoisotopic (exact) mass is 406 g/mol. The number of amides is 2. The molecule has 0 aliphatic heterocycles. The van der Waals surface area contributed by atoms with Crippen molar-refractivity contribution in [3.63, 3.8) is 0 Å². The molecule has 0 saturated carbocycles. The van der Waals surface area contributed by atoms with E-state index in [4.69, 9.17) is 4.74 Å². The number of methoxy groups -OCH3 is 1. The summed E-state index contributed by atoms with van der Waals surface area (Å²) in [5.74, 6) is 1.60. The second-order valence-corrected chi connectivity index (χ2v) is 8.11. The van der Waals surface area contributed by atoms with Gasteiger partial charge >= 0.3 is 6.03 Å². The van der Waals surface area contributed by atoms with Gasteiger partial charge in [0.25, 0.3) is 0 Å². The van der Waals surface area contributed by atoms with E-state index in [9.17, 15) is 4.79 Å². The predicted octanol–water partition coefficient (Wildman–Crippen LogP) is 6.05. The van der Waals surface area contributed by atoms with Gasteiger partial charge in [-0.3, -0.25) is 5.10 Å². The maximum atomic E-state index is 12.8. The number of H-pyrrole nitrogens is 1. The van der Waals surface area contributed by atoms with Crippen LogP contribution in [0.4, 0.5) is 16.2 Å². The first-order valence-corrected chi connectivity index (χ1v) is 10.3. The van der Waals surface area contributed by atoms with Crippen LogP contribution in [0, 0.1) is 5.92 Å². The zero-order valence-electron chi connectivity index (χ0n) is 18.2. The Labute approximate surface area is 178 Å². The highest BCUT2D eigenvalue weighted by atomic mass is 16.5. The molecule has 30 heavy (non-hydrogen) atoms. The van der Waals surface area contributed by atoms with Crippen LogP contribution < -0.4 is 15.4 Å². The third-order valence-corrected chi connectivity index (χ3v) is 4.87. The lowest BCUT2D eigenvalue weighted by Gasteiger charge is -2.12. The quantitative estimate of drug-likeness (QED) is 0.447. The first-order valence-electron chi connectivity index (χ1n) is 10.3. The minimum atomic E-state index is -0.303. The molecule has 0 aliphatic rings. The van der Waals surface area contributed by atoms with Crippen molar-refractivity contribution >= 4 is 17.4 Å². The number of nitrogens with one attached hydrogen (secondary N) is 3. The van der Waals surface area contributed by atoms with E-state index in [1.807, 2.05) is 48.5 Å². The molecule has 0 spiro atoms. The number of nitrogens with zero attached hydrogens (tertiary/aromatic N) is 1. The van der Waals surface area contributed by atoms with Crippen LogP contribution in [0.3, 0.4) is 0 Å². The van der Waals surface area contributed by atoms with Crippen LogP contribution in [0.25, 0.3) is 11.3 Å². The molecule has 158 valence electrons. The average molecular weight is 407 g/mol. The molecule has 3 aromatic rings. The van der Waals surface area contributed by atoms with Gasteiger partial charge in [-0.25, -0.2) is 4.79 Å². The summed E-state index contributed by atoms with van der Waals surface area (Å²) in [7, 11) is 1.63. The molecule has 2 aromatic carbocycles. The first-order chi connectivity index (χ1) is 14.4. The zero-order chi connectivity index (χ0) is 21.7. The Morgan fingerprint density at radius 2 is 1.80 bits per heavy atom. The van der Waals surface area contributed by atoms with E-state index in [-0.39, 0.29) is 6.03 Å². The van der Waals surface area contributed by atoms with Gasteiger partial charge in [0.15, 0.2) is 0 Å². The summed E-state index contributed by atoms with van der Waals surface area (Å²) in [5, 5.41) is 13.5. The average Bonchev–Trinajstić information content (AvgIpc) is 3.09. The topological polar surface area (TPSA) is 79.0 Å². The number of hydrogen-bond acceptors (Lipinski definition) is 3. The van der Waals surface area contributed by atoms with Crippen LogP contribution in [0.15, 0.2) is 48.5 Å². The molecule has 1 aromatic heterocycles. The number of aromatic amines is 1. The Hall–Kier alpha value is -3.28. The summed E-state index contributed by atoms with van der Waals surface area (Å²) in [6.07, 6.45) is 0.773. The number of aromatic nitrogens is 2. The lowest BCUT2D eigenvalue weighted by Crippen LogP contribution is -2.20. The minimum Gasteiger partial charge on any atom is -0.497 e. The van der Waals surface area contributed by atoms with Gasteiger partial charge in [0.1, 0.15) is 11.4 Å². The van der Waals surface area contributed by atoms with Gasteiger partial charge < -0.3 is 15.4 Å². The first kappa shape index (κ1) is 21.4. The second-order valence-electron chi connectivity index (χ2n) is 8.11. The van der Waals surface area contributed by atoms with E-state index in [1.165, 1.54) is 5.56 Å². The van der Waals surface area contributed by atoms with Gasteiger partial charge in [0.05, 0.1) is 18.5 Å². The largest absolute Gasteiger partial charge is 0.497 e. The molecule has 6 nitrogen and oxygen atoms in total. The van der Waals surface area contributed by atoms with Crippen molar-refractivity contribution in [3.05, 3.63) is 59.8 Å². The highest BCUT2D eigenvalue weighted by molar-refractivity contribution is 6.02. The third kappa shape index (κ3) is 5.20. The highest BCUT2D eigenvalue weighted by Gasteiger charge is 2.18. The van der Waals surface area contributed by atoms with E-state index < -0.39 is 0 Å². The third-order valence-electron chi connectivity index (χ3n) is 4.87. The standard InChI is InChI=1S/C24H30N4O2/c1-15(2)13-21-23(22(28-27-21)18-7-6-8-20(14-18)30-5)26-24(29)25-19-11-9-17(10-12-19)16(3)4/h6-12,14-16H,13H2,1-5H3,(H,27,28)(H2,25,26,29). The van der Waals surface area contributed by atoms with Gasteiger partial charge in [-0.1, -0.05) is 52.0 Å². The van der Waals surface area contributed by atoms with Gasteiger partial charge in [-0.2, -0.15) is 5.10 Å². The number of carbonyl (C=O) groups excluding carboxylic acids is 1. The lowest BCUT2D eigenvalue weighted by molar-refractivity contribution is 0.262. The normalized spacial score (nSPS) is 11.0. The fourth-order valence-electron chi connectivity index (χ4n) is 3.28. The number of urea groups is 1. The van der Waals surface area contributed by atoms with Gasteiger partial charge in [-0.15, -0.1) is 0 Å². The molecule has 3 rings (SSSR count). The van der Waals surface area contributed by atoms with Crippen LogP contribution in [-0.2, 0) is 6.42 Å². The number of hydrogen-bond donors (Lipinski definition) is 3. The molecular formula is C24H30N4O2. The number of benzene rings is 2. The molecule has 3 N–H and O–H groups in total. The SMILES string of the molecule is COc1cccc(-c2n[nH]c(CC(C)C)c2NC(=O)Nc2ccc(C(C)C)cc2)c1. The molecule has 0 bridgehead atoms. The fraction of sp³-hybridized carbons (Fsp3) is 0.333. The van der Waals surface area contributed by atoms with Gasteiger partial charge in [-0.05, 0) is 48.1 Å². The number of rotatable bonds is 7. The van der Waals surface area contributed by atoms with Crippen LogP contribution >= 0.6 is 0 Å². The van der Waals surface area contributed by atoms with Crippen molar-refractivity contribution in [1.82, 2.24) is 10.2 Å². The number of carbonyl (C=O) groups is 1. The van der Waals surface area contributed by atoms with Gasteiger partial charge in [0, 0.05) is 11.3 Å². The summed E-state index contributed by atoms with van der Waals surface area (Å²) in [5.41, 5.74) is 5.12. The molecule has 0 fully saturated rings. The van der Waals surface area contributed by atoms with Crippen LogP contribution in [0.1, 0.15) is 44.9 Å². The van der Waals surface area contributed by atoms with Crippen molar-refractivity contribution in [3.8, 4) is 17.0 Å². The van der Waals surface area contributed by atoms with E-state index in [0.29, 0.717) is 23.2 Å². The molecule has 6 heteroatoms. The number of ether oxygens (including phenoxy) is 1. The Morgan fingerprint density at radius 1 is 1.07 bits per heavy atom. The van der Waals surface area contributed by atoms with Crippen LogP contribution in [0.2, 0.25) is 0 Å². The smallest absolute Gasteiger partial charge is 0.323 e. The summed E-state index contributed by atoms with van der Waals surface area (Å²) in [4.78, 5) is 12.8. The Bertz CT molecular complexity index is 991. The minimum absolute atomic E-state index is 0.303. The van der Waals surface area contributed by atoms with E-state index in [0.717, 1.165) is 29.1 Å². The summed E-state index contributed by atoms with van der Waals surface area (Å²) in [6, 6.07) is 15.2. The molecule has 0 unspecified atom stereocenters. The van der Waals surface area contributed by atoms with E-state index in [1.54, 1.807) is 7.11 Å². The van der Waals surface area contributed by atoms with E-state index in [2.05, 4.69) is 48.5 Å². The Balaban J connectivity index is 1.85. The van der Waals surface area contributed by atoms with Crippen molar-refractivity contribution < 1.29 is 9.53 Å². The van der Waals surface area contributed by atoms with Crippen LogP contribution in [-0.4, -0.2) is 23.3 Å². The molecule has 0 saturated heterocycles. The summed E-state index contributed by atoms with van der Waals surface area (Å²) < 4.78 is 5.34. The van der Waals surface area contributed by atoms with Gasteiger partial charge in [0.2, 0.25) is 0 Å².